The highest BCUT2D eigenvalue weighted by atomic mass is 32.2. The maximum Gasteiger partial charge on any atom is 0.170 e. The number of rotatable bonds is 5. The van der Waals surface area contributed by atoms with Gasteiger partial charge >= 0.3 is 0 Å². The van der Waals surface area contributed by atoms with E-state index in [0.29, 0.717) is 6.54 Å². The highest BCUT2D eigenvalue weighted by Gasteiger charge is 2.40. The van der Waals surface area contributed by atoms with E-state index < -0.39 is 4.76 Å². The first-order valence-electron chi connectivity index (χ1n) is 8.91. The van der Waals surface area contributed by atoms with E-state index in [-0.39, 0.29) is 5.48 Å². The Morgan fingerprint density at radius 3 is 2.58 bits per heavy atom. The van der Waals surface area contributed by atoms with Crippen molar-refractivity contribution in [1.29, 1.82) is 0 Å². The lowest BCUT2D eigenvalue weighted by atomic mass is 9.99. The number of likely N-dealkylation sites (N-methyl/N-ethyl adjacent to an activating group) is 1. The lowest BCUT2D eigenvalue weighted by Gasteiger charge is -2.34. The molecule has 6 heteroatoms. The molecule has 0 aliphatic carbocycles. The maximum absolute atomic E-state index is 13.6. The molecule has 0 saturated carbocycles. The molecule has 4 rings (SSSR count). The summed E-state index contributed by atoms with van der Waals surface area (Å²) in [7, 11) is 0. The molecule has 0 amide bonds. The number of fused-ring (bicyclic) bond motifs is 2. The predicted molar refractivity (Wildman–Crippen MR) is 109 cm³/mol. The minimum atomic E-state index is -0.594. The van der Waals surface area contributed by atoms with Gasteiger partial charge in [-0.15, -0.1) is 0 Å². The van der Waals surface area contributed by atoms with Crippen molar-refractivity contribution in [3.63, 3.8) is 0 Å². The first kappa shape index (κ1) is 19.1. The van der Waals surface area contributed by atoms with E-state index in [2.05, 4.69) is 43.9 Å². The van der Waals surface area contributed by atoms with Gasteiger partial charge in [0.25, 0.3) is 0 Å². The van der Waals surface area contributed by atoms with E-state index in [0.717, 1.165) is 42.2 Å². The van der Waals surface area contributed by atoms with Crippen LogP contribution in [0.15, 0.2) is 51.3 Å². The van der Waals surface area contributed by atoms with Crippen LogP contribution in [-0.4, -0.2) is 42.3 Å². The van der Waals surface area contributed by atoms with Gasteiger partial charge in [-0.05, 0) is 31.6 Å². The number of aryl methyl sites for hydroxylation is 1. The Bertz CT molecular complexity index is 864. The third-order valence-electron chi connectivity index (χ3n) is 5.18. The van der Waals surface area contributed by atoms with Crippen LogP contribution in [0, 0.1) is 12.1 Å². The molecular weight excluding hydrogens is 346 g/mol. The largest absolute Gasteiger partial charge is 0.599 e. The van der Waals surface area contributed by atoms with Gasteiger partial charge in [0.2, 0.25) is 0 Å². The molecule has 1 atom stereocenters. The zero-order chi connectivity index (χ0) is 17.6. The zero-order valence-corrected chi connectivity index (χ0v) is 16.3. The van der Waals surface area contributed by atoms with E-state index in [1.54, 1.807) is 11.8 Å². The molecule has 26 heavy (non-hydrogen) atoms. The Morgan fingerprint density at radius 1 is 1.12 bits per heavy atom. The number of nitrogens with zero attached hydrogens (tertiary/aromatic N) is 3. The van der Waals surface area contributed by atoms with Crippen LogP contribution < -0.4 is 4.76 Å². The zero-order valence-electron chi connectivity index (χ0n) is 15.5. The summed E-state index contributed by atoms with van der Waals surface area (Å²) in [5.74, 6) is 0. The molecule has 0 aromatic heterocycles. The van der Waals surface area contributed by atoms with Gasteiger partial charge in [-0.25, -0.2) is 0 Å². The maximum atomic E-state index is 13.6. The molecule has 2 aliphatic rings. The van der Waals surface area contributed by atoms with E-state index in [1.165, 1.54) is 15.4 Å². The summed E-state index contributed by atoms with van der Waals surface area (Å²) in [5, 5.41) is 18.3. The Labute approximate surface area is 158 Å². The monoisotopic (exact) mass is 371 g/mol. The highest BCUT2D eigenvalue weighted by Crippen LogP contribution is 2.49. The summed E-state index contributed by atoms with van der Waals surface area (Å²) < 4.78 is -0.594. The van der Waals surface area contributed by atoms with Crippen LogP contribution in [0.5, 0.6) is 0 Å². The lowest BCUT2D eigenvalue weighted by molar-refractivity contribution is 0.261. The molecule has 138 valence electrons. The smallest absolute Gasteiger partial charge is 0.170 e. The highest BCUT2D eigenvalue weighted by molar-refractivity contribution is 7.99. The molecule has 0 radical (unpaired) electrons. The van der Waals surface area contributed by atoms with E-state index in [1.807, 2.05) is 18.2 Å². The molecule has 1 unspecified atom stereocenters. The summed E-state index contributed by atoms with van der Waals surface area (Å²) in [4.78, 5) is 4.66. The van der Waals surface area contributed by atoms with Gasteiger partial charge in [-0.3, -0.25) is 4.90 Å². The molecule has 2 aromatic carbocycles. The topological polar surface area (TPSA) is 70.2 Å². The first-order valence-corrected chi connectivity index (χ1v) is 9.72. The normalized spacial score (nSPS) is 19.7. The minimum absolute atomic E-state index is 0. The average Bonchev–Trinajstić information content (AvgIpc) is 2.93. The fraction of sp³-hybridized carbons (Fsp3) is 0.350. The van der Waals surface area contributed by atoms with E-state index in [4.69, 9.17) is 5.10 Å². The third-order valence-corrected chi connectivity index (χ3v) is 6.48. The second-order valence-corrected chi connectivity index (χ2v) is 7.66. The Morgan fingerprint density at radius 2 is 1.85 bits per heavy atom. The summed E-state index contributed by atoms with van der Waals surface area (Å²) in [5.41, 5.74) is 5.02. The standard InChI is InChI=1S/C20H23N3OS.H2O/c1-4-22(5-2)12-13-23(24)16-11-10-14(3)20-18(16)19(21-23)15-8-6-7-9-17(15)25-20;/h6-11H,4-5,12-13H2,1-3H3;1H2. The average molecular weight is 372 g/mol. The number of benzene rings is 2. The Kier molecular flexibility index (Phi) is 5.23. The number of hydroxylamine groups is 1. The first-order chi connectivity index (χ1) is 12.1. The van der Waals surface area contributed by atoms with Gasteiger partial charge in [-0.1, -0.05) is 55.0 Å². The van der Waals surface area contributed by atoms with Crippen LogP contribution in [0.1, 0.15) is 30.5 Å². The van der Waals surface area contributed by atoms with Crippen LogP contribution in [0.25, 0.3) is 0 Å². The molecule has 2 aromatic rings. The summed E-state index contributed by atoms with van der Waals surface area (Å²) in [6.07, 6.45) is 0. The number of hydrogen-bond donors (Lipinski definition) is 0. The Hall–Kier alpha value is -1.70. The van der Waals surface area contributed by atoms with Crippen LogP contribution in [0.3, 0.4) is 0 Å². The van der Waals surface area contributed by atoms with Crippen molar-refractivity contribution in [2.45, 2.75) is 30.6 Å². The molecule has 5 nitrogen and oxygen atoms in total. The van der Waals surface area contributed by atoms with Crippen molar-refractivity contribution in [1.82, 2.24) is 9.66 Å². The molecule has 0 saturated heterocycles. The van der Waals surface area contributed by atoms with Crippen molar-refractivity contribution < 1.29 is 5.48 Å². The summed E-state index contributed by atoms with van der Waals surface area (Å²) in [6.45, 7) is 9.50. The fourth-order valence-electron chi connectivity index (χ4n) is 3.63. The van der Waals surface area contributed by atoms with Crippen molar-refractivity contribution in [3.8, 4) is 0 Å². The molecule has 2 heterocycles. The fourth-order valence-corrected chi connectivity index (χ4v) is 4.80. The van der Waals surface area contributed by atoms with E-state index >= 15 is 0 Å². The summed E-state index contributed by atoms with van der Waals surface area (Å²) >= 11 is 1.76. The quantitative estimate of drug-likeness (QED) is 0.509. The van der Waals surface area contributed by atoms with Crippen LogP contribution in [0.2, 0.25) is 0 Å². The second kappa shape index (κ2) is 7.13. The van der Waals surface area contributed by atoms with Gasteiger partial charge in [-0.2, -0.15) is 4.76 Å². The minimum Gasteiger partial charge on any atom is -0.599 e. The number of quaternary nitrogens is 1. The van der Waals surface area contributed by atoms with Gasteiger partial charge < -0.3 is 10.7 Å². The Balaban J connectivity index is 0.00000196. The predicted octanol–water partition coefficient (Wildman–Crippen LogP) is 3.55. The van der Waals surface area contributed by atoms with Gasteiger partial charge in [0.15, 0.2) is 5.69 Å². The summed E-state index contributed by atoms with van der Waals surface area (Å²) in [6, 6.07) is 12.3. The van der Waals surface area contributed by atoms with Crippen molar-refractivity contribution >= 4 is 23.2 Å². The van der Waals surface area contributed by atoms with Crippen molar-refractivity contribution in [2.75, 3.05) is 26.2 Å². The SMILES string of the molecule is CCN(CC)CC[N+]1([O-])N=C2c3ccccc3Sc3c(C)ccc1c32.O. The molecule has 0 fully saturated rings. The van der Waals surface area contributed by atoms with Gasteiger partial charge in [0.05, 0.1) is 12.1 Å². The van der Waals surface area contributed by atoms with Gasteiger partial charge in [0.1, 0.15) is 12.3 Å². The third kappa shape index (κ3) is 2.88. The van der Waals surface area contributed by atoms with Crippen LogP contribution >= 0.6 is 11.8 Å². The van der Waals surface area contributed by atoms with Gasteiger partial charge in [0, 0.05) is 21.4 Å². The lowest BCUT2D eigenvalue weighted by Crippen LogP contribution is -2.42. The number of hydrogen-bond acceptors (Lipinski definition) is 4. The van der Waals surface area contributed by atoms with Crippen molar-refractivity contribution in [3.05, 3.63) is 58.3 Å². The van der Waals surface area contributed by atoms with Crippen molar-refractivity contribution in [2.24, 2.45) is 5.10 Å². The van der Waals surface area contributed by atoms with E-state index in [9.17, 15) is 5.21 Å². The van der Waals surface area contributed by atoms with Crippen LogP contribution in [0.4, 0.5) is 5.69 Å². The molecule has 2 aliphatic heterocycles. The molecular formula is C20H25N3O2S. The van der Waals surface area contributed by atoms with Crippen LogP contribution in [-0.2, 0) is 0 Å². The molecule has 2 N–H and O–H groups in total. The second-order valence-electron chi connectivity index (χ2n) is 6.60. The molecule has 0 bridgehead atoms. The molecule has 0 spiro atoms.